The van der Waals surface area contributed by atoms with Gasteiger partial charge in [0.15, 0.2) is 10.9 Å². The molecule has 0 saturated carbocycles. The second kappa shape index (κ2) is 9.84. The van der Waals surface area contributed by atoms with E-state index in [-0.39, 0.29) is 34.1 Å². The number of thiocarbonyl (C=S) groups is 1. The Hall–Kier alpha value is -3.41. The molecule has 0 aliphatic carbocycles. The highest BCUT2D eigenvalue weighted by Gasteiger charge is 2.30. The first-order chi connectivity index (χ1) is 15.9. The predicted octanol–water partition coefficient (Wildman–Crippen LogP) is 3.90. The van der Waals surface area contributed by atoms with Gasteiger partial charge >= 0.3 is 6.09 Å². The third-order valence-electron chi connectivity index (χ3n) is 5.12. The van der Waals surface area contributed by atoms with E-state index in [4.69, 9.17) is 22.7 Å². The molecule has 1 atom stereocenters. The number of hydrogen-bond acceptors (Lipinski definition) is 6. The Morgan fingerprint density at radius 3 is 2.74 bits per heavy atom. The van der Waals surface area contributed by atoms with Gasteiger partial charge in [0, 0.05) is 38.5 Å². The van der Waals surface area contributed by atoms with Crippen molar-refractivity contribution in [1.82, 2.24) is 9.97 Å². The van der Waals surface area contributed by atoms with E-state index in [1.54, 1.807) is 33.2 Å². The van der Waals surface area contributed by atoms with Gasteiger partial charge in [0.1, 0.15) is 11.4 Å². The van der Waals surface area contributed by atoms with E-state index in [9.17, 15) is 13.6 Å². The van der Waals surface area contributed by atoms with Gasteiger partial charge in [0.25, 0.3) is 6.43 Å². The molecule has 34 heavy (non-hydrogen) atoms. The van der Waals surface area contributed by atoms with Crippen LogP contribution in [-0.2, 0) is 11.2 Å². The minimum absolute atomic E-state index is 0.0314. The number of aliphatic imine (C=N–C) groups is 1. The van der Waals surface area contributed by atoms with E-state index in [0.29, 0.717) is 6.42 Å². The highest BCUT2D eigenvalue weighted by Crippen LogP contribution is 2.31. The number of nitrogens with two attached hydrogens (primary N) is 1. The Balaban J connectivity index is 1.83. The number of rotatable bonds is 4. The number of nitrogens with zero attached hydrogens (tertiary/aromatic N) is 5. The second-order valence-electron chi connectivity index (χ2n) is 8.78. The number of likely N-dealkylation sites (N-methyl/N-ethyl adjacent to an activating group) is 1. The van der Waals surface area contributed by atoms with Crippen LogP contribution in [0.1, 0.15) is 38.3 Å². The molecule has 2 aromatic rings. The van der Waals surface area contributed by atoms with Crippen molar-refractivity contribution in [2.45, 2.75) is 45.3 Å². The Kier molecular flexibility index (Phi) is 7.29. The summed E-state index contributed by atoms with van der Waals surface area (Å²) in [7, 11) is 3.28. The minimum Gasteiger partial charge on any atom is -0.443 e. The number of halogens is 2. The summed E-state index contributed by atoms with van der Waals surface area (Å²) in [6.45, 7) is 5.10. The molecule has 0 spiro atoms. The maximum absolute atomic E-state index is 13.3. The molecule has 3 heterocycles. The normalized spacial score (nSPS) is 15.8. The van der Waals surface area contributed by atoms with E-state index in [1.807, 2.05) is 18.0 Å². The van der Waals surface area contributed by atoms with Gasteiger partial charge in [-0.2, -0.15) is 0 Å². The molecule has 0 saturated heterocycles. The number of ether oxygens (including phenoxy) is 1. The highest BCUT2D eigenvalue weighted by atomic mass is 32.1. The first kappa shape index (κ1) is 25.2. The molecule has 2 aromatic heterocycles. The molecular formula is C22H27F2N7O2S. The maximum atomic E-state index is 13.3. The van der Waals surface area contributed by atoms with Crippen LogP contribution in [0.15, 0.2) is 35.7 Å². The van der Waals surface area contributed by atoms with Crippen molar-refractivity contribution in [2.24, 2.45) is 10.7 Å². The third-order valence-corrected chi connectivity index (χ3v) is 5.31. The fourth-order valence-corrected chi connectivity index (χ4v) is 3.61. The quantitative estimate of drug-likeness (QED) is 0.377. The molecule has 12 heteroatoms. The van der Waals surface area contributed by atoms with Crippen LogP contribution >= 0.6 is 12.2 Å². The lowest BCUT2D eigenvalue weighted by Gasteiger charge is -2.26. The number of nitrogens with one attached hydrogen (secondary N) is 1. The first-order valence-corrected chi connectivity index (χ1v) is 10.8. The van der Waals surface area contributed by atoms with E-state index in [0.717, 1.165) is 28.4 Å². The van der Waals surface area contributed by atoms with Crippen LogP contribution in [0.3, 0.4) is 0 Å². The van der Waals surface area contributed by atoms with Crippen LogP contribution < -0.4 is 20.9 Å². The number of alkyl halides is 2. The van der Waals surface area contributed by atoms with Crippen molar-refractivity contribution in [3.05, 3.63) is 41.9 Å². The number of amides is 1. The van der Waals surface area contributed by atoms with Crippen molar-refractivity contribution in [3.63, 3.8) is 0 Å². The fourth-order valence-electron chi connectivity index (χ4n) is 3.41. The van der Waals surface area contributed by atoms with Gasteiger partial charge in [0.05, 0.1) is 23.6 Å². The zero-order chi connectivity index (χ0) is 25.2. The summed E-state index contributed by atoms with van der Waals surface area (Å²) < 4.78 is 31.9. The number of carbonyl (C=O) groups excluding carboxylic acids is 1. The van der Waals surface area contributed by atoms with Gasteiger partial charge in [-0.05, 0) is 50.7 Å². The van der Waals surface area contributed by atoms with Crippen LogP contribution in [0.5, 0.6) is 0 Å². The highest BCUT2D eigenvalue weighted by molar-refractivity contribution is 7.80. The molecule has 0 aromatic carbocycles. The average molecular weight is 492 g/mol. The Morgan fingerprint density at radius 1 is 1.41 bits per heavy atom. The van der Waals surface area contributed by atoms with E-state index < -0.39 is 18.1 Å². The lowest BCUT2D eigenvalue weighted by atomic mass is 10.1. The zero-order valence-electron chi connectivity index (χ0n) is 19.5. The van der Waals surface area contributed by atoms with Crippen molar-refractivity contribution in [2.75, 3.05) is 29.2 Å². The predicted molar refractivity (Wildman–Crippen MR) is 132 cm³/mol. The molecular weight excluding hydrogens is 464 g/mol. The van der Waals surface area contributed by atoms with E-state index >= 15 is 0 Å². The molecule has 0 bridgehead atoms. The molecule has 1 aliphatic rings. The fraction of sp³-hybridized carbons (Fsp3) is 0.409. The molecule has 1 amide bonds. The second-order valence-corrected chi connectivity index (χ2v) is 9.17. The average Bonchev–Trinajstić information content (AvgIpc) is 3.09. The number of anilines is 3. The number of carbonyl (C=O) groups is 1. The third kappa shape index (κ3) is 5.74. The molecule has 0 radical (unpaired) electrons. The molecule has 3 rings (SSSR count). The Morgan fingerprint density at radius 2 is 2.12 bits per heavy atom. The van der Waals surface area contributed by atoms with Gasteiger partial charge in [0.2, 0.25) is 0 Å². The van der Waals surface area contributed by atoms with E-state index in [1.165, 1.54) is 7.05 Å². The Bertz CT molecular complexity index is 1120. The van der Waals surface area contributed by atoms with Gasteiger partial charge in [-0.3, -0.25) is 9.88 Å². The van der Waals surface area contributed by atoms with Gasteiger partial charge < -0.3 is 20.7 Å². The molecule has 0 fully saturated rings. The van der Waals surface area contributed by atoms with Crippen LogP contribution in [0, 0.1) is 0 Å². The number of fused-ring (bicyclic) bond motifs is 1. The standard InChI is InChI=1S/C22H27F2N7O2S/c1-22(2,3)33-21(32)31(5)15-9-13(17(23)24)10-27-19(15)29-20(34)28-18(25)14-8-12-6-7-26-11-16(12)30(14)4/h6-7,9-11,14,17H,8H2,1-5H3,(H3,25,27,28,29,34). The largest absolute Gasteiger partial charge is 0.443 e. The summed E-state index contributed by atoms with van der Waals surface area (Å²) in [5.74, 6) is 0.328. The molecule has 182 valence electrons. The molecule has 3 N–H and O–H groups in total. The summed E-state index contributed by atoms with van der Waals surface area (Å²) in [5.41, 5.74) is 7.20. The molecule has 9 nitrogen and oxygen atoms in total. The minimum atomic E-state index is -2.78. The number of pyridine rings is 2. The molecule has 1 unspecified atom stereocenters. The van der Waals surface area contributed by atoms with Crippen molar-refractivity contribution in [1.29, 1.82) is 0 Å². The summed E-state index contributed by atoms with van der Waals surface area (Å²) in [5, 5.41) is 2.76. The number of amidine groups is 1. The summed E-state index contributed by atoms with van der Waals surface area (Å²) in [6.07, 6.45) is 1.60. The van der Waals surface area contributed by atoms with Gasteiger partial charge in [-0.1, -0.05) is 0 Å². The number of hydrogen-bond donors (Lipinski definition) is 2. The maximum Gasteiger partial charge on any atom is 0.414 e. The summed E-state index contributed by atoms with van der Waals surface area (Å²) >= 11 is 5.32. The van der Waals surface area contributed by atoms with Crippen molar-refractivity contribution in [3.8, 4) is 0 Å². The van der Waals surface area contributed by atoms with Crippen LogP contribution in [-0.4, -0.2) is 52.7 Å². The monoisotopic (exact) mass is 491 g/mol. The van der Waals surface area contributed by atoms with Crippen molar-refractivity contribution >= 4 is 46.5 Å². The van der Waals surface area contributed by atoms with Crippen LogP contribution in [0.2, 0.25) is 0 Å². The topological polar surface area (TPSA) is 109 Å². The first-order valence-electron chi connectivity index (χ1n) is 10.4. The summed E-state index contributed by atoms with van der Waals surface area (Å²) in [4.78, 5) is 28.0. The van der Waals surface area contributed by atoms with Crippen molar-refractivity contribution < 1.29 is 18.3 Å². The van der Waals surface area contributed by atoms with Gasteiger partial charge in [-0.25, -0.2) is 23.6 Å². The van der Waals surface area contributed by atoms with Gasteiger partial charge in [-0.15, -0.1) is 0 Å². The van der Waals surface area contributed by atoms with Crippen LogP contribution in [0.25, 0.3) is 0 Å². The lowest BCUT2D eigenvalue weighted by Crippen LogP contribution is -2.41. The number of aromatic nitrogens is 2. The molecule has 1 aliphatic heterocycles. The SMILES string of the molecule is CN(C(=O)OC(C)(C)C)c1cc(C(F)F)cnc1NC(=S)/N=C(\N)C1Cc2ccncc2N1C. The lowest BCUT2D eigenvalue weighted by molar-refractivity contribution is 0.0589. The van der Waals surface area contributed by atoms with E-state index in [2.05, 4.69) is 20.3 Å². The smallest absolute Gasteiger partial charge is 0.414 e. The Labute approximate surface area is 202 Å². The van der Waals surface area contributed by atoms with Crippen LogP contribution in [0.4, 0.5) is 30.8 Å². The zero-order valence-corrected chi connectivity index (χ0v) is 20.4. The summed E-state index contributed by atoms with van der Waals surface area (Å²) in [6, 6.07) is 2.84.